The van der Waals surface area contributed by atoms with Crippen molar-refractivity contribution in [3.05, 3.63) is 41.5 Å². The molecule has 0 spiro atoms. The zero-order chi connectivity index (χ0) is 14.5. The molecule has 20 heavy (non-hydrogen) atoms. The van der Waals surface area contributed by atoms with Crippen LogP contribution in [0.5, 0.6) is 11.8 Å². The largest absolute Gasteiger partial charge is 0.480 e. The molecule has 2 aromatic heterocycles. The number of methoxy groups -OCH3 is 2. The molecule has 0 aromatic carbocycles. The molecule has 0 bridgehead atoms. The van der Waals surface area contributed by atoms with E-state index in [2.05, 4.69) is 15.0 Å². The Hall–Kier alpha value is -2.21. The van der Waals surface area contributed by atoms with E-state index in [-0.39, 0.29) is 5.88 Å². The zero-order valence-electron chi connectivity index (χ0n) is 11.7. The standard InChI is InChI=1S/C14H17N3O3/c1-4-9-6-5-7-15-11(9)13(18)12-14(20-3)17-10(19-2)8-16-12/h5-8,13,18H,4H2,1-3H3. The van der Waals surface area contributed by atoms with Gasteiger partial charge in [0.25, 0.3) is 0 Å². The van der Waals surface area contributed by atoms with E-state index in [1.54, 1.807) is 6.20 Å². The lowest BCUT2D eigenvalue weighted by atomic mass is 10.0. The number of rotatable bonds is 5. The maximum atomic E-state index is 10.5. The number of ether oxygens (including phenoxy) is 2. The first-order valence-corrected chi connectivity index (χ1v) is 6.28. The van der Waals surface area contributed by atoms with E-state index >= 15 is 0 Å². The molecule has 2 heterocycles. The van der Waals surface area contributed by atoms with Crippen molar-refractivity contribution in [3.8, 4) is 11.8 Å². The van der Waals surface area contributed by atoms with E-state index in [0.717, 1.165) is 12.0 Å². The van der Waals surface area contributed by atoms with E-state index in [1.807, 2.05) is 19.1 Å². The molecular weight excluding hydrogens is 258 g/mol. The molecule has 0 aliphatic rings. The molecule has 0 amide bonds. The molecule has 0 saturated carbocycles. The molecule has 0 saturated heterocycles. The number of aliphatic hydroxyl groups excluding tert-OH is 1. The van der Waals surface area contributed by atoms with Gasteiger partial charge in [0.15, 0.2) is 0 Å². The minimum Gasteiger partial charge on any atom is -0.480 e. The summed E-state index contributed by atoms with van der Waals surface area (Å²) >= 11 is 0. The molecule has 0 aliphatic heterocycles. The highest BCUT2D eigenvalue weighted by Gasteiger charge is 2.22. The van der Waals surface area contributed by atoms with Crippen LogP contribution in [0.25, 0.3) is 0 Å². The fourth-order valence-corrected chi connectivity index (χ4v) is 1.93. The Morgan fingerprint density at radius 1 is 1.20 bits per heavy atom. The van der Waals surface area contributed by atoms with E-state index < -0.39 is 6.10 Å². The van der Waals surface area contributed by atoms with Gasteiger partial charge in [0.2, 0.25) is 11.8 Å². The molecule has 0 fully saturated rings. The summed E-state index contributed by atoms with van der Waals surface area (Å²) in [6.45, 7) is 2.00. The van der Waals surface area contributed by atoms with Crippen molar-refractivity contribution in [2.45, 2.75) is 19.4 Å². The molecule has 1 atom stereocenters. The van der Waals surface area contributed by atoms with Gasteiger partial charge in [-0.15, -0.1) is 0 Å². The second kappa shape index (κ2) is 6.29. The summed E-state index contributed by atoms with van der Waals surface area (Å²) < 4.78 is 10.2. The number of aromatic nitrogens is 3. The van der Waals surface area contributed by atoms with Gasteiger partial charge >= 0.3 is 0 Å². The van der Waals surface area contributed by atoms with Gasteiger partial charge in [-0.2, -0.15) is 4.98 Å². The smallest absolute Gasteiger partial charge is 0.241 e. The van der Waals surface area contributed by atoms with Gasteiger partial charge < -0.3 is 14.6 Å². The molecule has 0 aliphatic carbocycles. The van der Waals surface area contributed by atoms with Gasteiger partial charge in [-0.25, -0.2) is 4.98 Å². The molecule has 2 aromatic rings. The number of nitrogens with zero attached hydrogens (tertiary/aromatic N) is 3. The van der Waals surface area contributed by atoms with Crippen molar-refractivity contribution in [1.82, 2.24) is 15.0 Å². The summed E-state index contributed by atoms with van der Waals surface area (Å²) in [5, 5.41) is 10.5. The molecule has 6 heteroatoms. The van der Waals surface area contributed by atoms with E-state index in [1.165, 1.54) is 20.4 Å². The van der Waals surface area contributed by atoms with Crippen molar-refractivity contribution in [2.75, 3.05) is 14.2 Å². The highest BCUT2D eigenvalue weighted by molar-refractivity contribution is 5.33. The molecule has 106 valence electrons. The van der Waals surface area contributed by atoms with Crippen LogP contribution >= 0.6 is 0 Å². The number of aryl methyl sites for hydroxylation is 1. The summed E-state index contributed by atoms with van der Waals surface area (Å²) in [5.74, 6) is 0.555. The fraction of sp³-hybridized carbons (Fsp3) is 0.357. The second-order valence-corrected chi connectivity index (χ2v) is 4.11. The maximum absolute atomic E-state index is 10.5. The lowest BCUT2D eigenvalue weighted by molar-refractivity contribution is 0.201. The minimum atomic E-state index is -0.987. The number of aliphatic hydroxyl groups is 1. The van der Waals surface area contributed by atoms with Crippen LogP contribution in [0.15, 0.2) is 24.5 Å². The van der Waals surface area contributed by atoms with E-state index in [9.17, 15) is 5.11 Å². The topological polar surface area (TPSA) is 77.4 Å². The summed E-state index contributed by atoms with van der Waals surface area (Å²) in [4.78, 5) is 12.5. The van der Waals surface area contributed by atoms with Gasteiger partial charge in [0, 0.05) is 6.20 Å². The normalized spacial score (nSPS) is 12.0. The molecule has 2 rings (SSSR count). The quantitative estimate of drug-likeness (QED) is 0.891. The van der Waals surface area contributed by atoms with Crippen molar-refractivity contribution >= 4 is 0 Å². The van der Waals surface area contributed by atoms with Gasteiger partial charge in [-0.05, 0) is 18.1 Å². The van der Waals surface area contributed by atoms with Crippen LogP contribution in [0.1, 0.15) is 30.0 Å². The van der Waals surface area contributed by atoms with Gasteiger partial charge in [0.05, 0.1) is 26.1 Å². The first-order valence-electron chi connectivity index (χ1n) is 6.28. The first-order chi connectivity index (χ1) is 9.71. The third kappa shape index (κ3) is 2.70. The highest BCUT2D eigenvalue weighted by Crippen LogP contribution is 2.28. The molecule has 1 N–H and O–H groups in total. The first kappa shape index (κ1) is 14.2. The Kier molecular flexibility index (Phi) is 4.47. The maximum Gasteiger partial charge on any atom is 0.241 e. The van der Waals surface area contributed by atoms with Gasteiger partial charge in [-0.3, -0.25) is 4.98 Å². The summed E-state index contributed by atoms with van der Waals surface area (Å²) in [6.07, 6.45) is 2.86. The van der Waals surface area contributed by atoms with Crippen molar-refractivity contribution < 1.29 is 14.6 Å². The summed E-state index contributed by atoms with van der Waals surface area (Å²) in [6, 6.07) is 3.76. The predicted octanol–water partition coefficient (Wildman–Crippen LogP) is 1.53. The average molecular weight is 275 g/mol. The summed E-state index contributed by atoms with van der Waals surface area (Å²) in [5.41, 5.74) is 1.84. The third-order valence-corrected chi connectivity index (χ3v) is 2.97. The Bertz CT molecular complexity index is 590. The lowest BCUT2D eigenvalue weighted by Gasteiger charge is -2.15. The Morgan fingerprint density at radius 3 is 2.65 bits per heavy atom. The van der Waals surface area contributed by atoms with Crippen LogP contribution in [0.4, 0.5) is 0 Å². The molecule has 6 nitrogen and oxygen atoms in total. The zero-order valence-corrected chi connectivity index (χ0v) is 11.7. The molecule has 0 radical (unpaired) electrons. The lowest BCUT2D eigenvalue weighted by Crippen LogP contribution is -2.10. The van der Waals surface area contributed by atoms with Crippen molar-refractivity contribution in [1.29, 1.82) is 0 Å². The predicted molar refractivity (Wildman–Crippen MR) is 72.8 cm³/mol. The number of hydrogen-bond donors (Lipinski definition) is 1. The van der Waals surface area contributed by atoms with E-state index in [0.29, 0.717) is 17.3 Å². The molecule has 1 unspecified atom stereocenters. The Morgan fingerprint density at radius 2 is 2.00 bits per heavy atom. The van der Waals surface area contributed by atoms with Gasteiger partial charge in [0.1, 0.15) is 11.8 Å². The van der Waals surface area contributed by atoms with Gasteiger partial charge in [-0.1, -0.05) is 13.0 Å². The third-order valence-electron chi connectivity index (χ3n) is 2.97. The second-order valence-electron chi connectivity index (χ2n) is 4.11. The van der Waals surface area contributed by atoms with Crippen LogP contribution in [0, 0.1) is 0 Å². The SMILES string of the molecule is CCc1cccnc1C(O)c1ncc(OC)nc1OC. The number of pyridine rings is 1. The van der Waals surface area contributed by atoms with Crippen LogP contribution in [0.2, 0.25) is 0 Å². The van der Waals surface area contributed by atoms with Crippen LogP contribution < -0.4 is 9.47 Å². The molecular formula is C14H17N3O3. The fourth-order valence-electron chi connectivity index (χ4n) is 1.93. The van der Waals surface area contributed by atoms with Crippen molar-refractivity contribution in [2.24, 2.45) is 0 Å². The Balaban J connectivity index is 2.45. The average Bonchev–Trinajstić information content (AvgIpc) is 2.53. The summed E-state index contributed by atoms with van der Waals surface area (Å²) in [7, 11) is 2.96. The van der Waals surface area contributed by atoms with Crippen molar-refractivity contribution in [3.63, 3.8) is 0 Å². The van der Waals surface area contributed by atoms with Crippen LogP contribution in [-0.2, 0) is 6.42 Å². The minimum absolute atomic E-state index is 0.226. The van der Waals surface area contributed by atoms with Crippen LogP contribution in [0.3, 0.4) is 0 Å². The Labute approximate surface area is 117 Å². The van der Waals surface area contributed by atoms with E-state index in [4.69, 9.17) is 9.47 Å². The number of hydrogen-bond acceptors (Lipinski definition) is 6. The highest BCUT2D eigenvalue weighted by atomic mass is 16.5. The van der Waals surface area contributed by atoms with Crippen LogP contribution in [-0.4, -0.2) is 34.3 Å². The monoisotopic (exact) mass is 275 g/mol.